The largest absolute Gasteiger partial charge is 0.379 e. The van der Waals surface area contributed by atoms with Crippen LogP contribution in [0.5, 0.6) is 0 Å². The van der Waals surface area contributed by atoms with E-state index in [9.17, 15) is 0 Å². The molecule has 1 heterocycles. The van der Waals surface area contributed by atoms with Gasteiger partial charge in [0, 0.05) is 25.9 Å². The molecule has 0 bridgehead atoms. The van der Waals surface area contributed by atoms with Gasteiger partial charge in [0.1, 0.15) is 0 Å². The zero-order valence-corrected chi connectivity index (χ0v) is 13.3. The summed E-state index contributed by atoms with van der Waals surface area (Å²) in [6.45, 7) is 10.5. The Morgan fingerprint density at radius 3 is 2.80 bits per heavy atom. The van der Waals surface area contributed by atoms with Crippen LogP contribution in [0.1, 0.15) is 31.4 Å². The third-order valence-electron chi connectivity index (χ3n) is 4.05. The molecule has 0 aromatic heterocycles. The minimum atomic E-state index is 0.527. The Balaban J connectivity index is 1.97. The first-order chi connectivity index (χ1) is 9.58. The smallest absolute Gasteiger partial charge is 0.0670 e. The van der Waals surface area contributed by atoms with Crippen molar-refractivity contribution >= 4 is 5.69 Å². The number of ether oxygens (including phenoxy) is 1. The van der Waals surface area contributed by atoms with Gasteiger partial charge in [0.05, 0.1) is 12.6 Å². The number of hydrogen-bond acceptors (Lipinski definition) is 3. The highest BCUT2D eigenvalue weighted by molar-refractivity contribution is 5.51. The van der Waals surface area contributed by atoms with E-state index in [0.717, 1.165) is 32.7 Å². The highest BCUT2D eigenvalue weighted by Crippen LogP contribution is 2.23. The topological polar surface area (TPSA) is 24.5 Å². The third-order valence-corrected chi connectivity index (χ3v) is 4.05. The molecule has 1 aromatic rings. The average molecular weight is 276 g/mol. The maximum atomic E-state index is 5.48. The molecule has 1 atom stereocenters. The predicted molar refractivity (Wildman–Crippen MR) is 85.4 cm³/mol. The van der Waals surface area contributed by atoms with Crippen LogP contribution in [0, 0.1) is 12.8 Å². The number of rotatable bonds is 6. The fourth-order valence-electron chi connectivity index (χ4n) is 2.63. The molecule has 1 aliphatic heterocycles. The van der Waals surface area contributed by atoms with Crippen LogP contribution in [0.4, 0.5) is 5.69 Å². The molecule has 3 heteroatoms. The maximum Gasteiger partial charge on any atom is 0.0670 e. The molecule has 0 aliphatic carbocycles. The lowest BCUT2D eigenvalue weighted by molar-refractivity contribution is 0.193. The van der Waals surface area contributed by atoms with E-state index in [2.05, 4.69) is 56.2 Å². The first-order valence-corrected chi connectivity index (χ1v) is 7.68. The van der Waals surface area contributed by atoms with Crippen LogP contribution in [-0.4, -0.2) is 32.8 Å². The van der Waals surface area contributed by atoms with E-state index in [4.69, 9.17) is 4.74 Å². The fourth-order valence-corrected chi connectivity index (χ4v) is 2.63. The van der Waals surface area contributed by atoms with Gasteiger partial charge in [-0.1, -0.05) is 19.9 Å². The van der Waals surface area contributed by atoms with E-state index in [1.165, 1.54) is 16.8 Å². The second kappa shape index (κ2) is 7.09. The van der Waals surface area contributed by atoms with Crippen LogP contribution in [-0.2, 0) is 11.3 Å². The number of nitrogens with zero attached hydrogens (tertiary/aromatic N) is 1. The number of likely N-dealkylation sites (N-methyl/N-ethyl adjacent to an activating group) is 1. The predicted octanol–water partition coefficient (Wildman–Crippen LogP) is 2.97. The van der Waals surface area contributed by atoms with Crippen LogP contribution in [0.2, 0.25) is 0 Å². The molecule has 0 spiro atoms. The minimum absolute atomic E-state index is 0.527. The van der Waals surface area contributed by atoms with Crippen LogP contribution in [0.25, 0.3) is 0 Å². The first-order valence-electron chi connectivity index (χ1n) is 7.68. The molecule has 1 unspecified atom stereocenters. The van der Waals surface area contributed by atoms with Crippen LogP contribution >= 0.6 is 0 Å². The summed E-state index contributed by atoms with van der Waals surface area (Å²) in [5.74, 6) is 0.697. The van der Waals surface area contributed by atoms with Gasteiger partial charge in [-0.15, -0.1) is 0 Å². The molecule has 1 aliphatic rings. The third kappa shape index (κ3) is 3.97. The second-order valence-electron chi connectivity index (χ2n) is 6.26. The van der Waals surface area contributed by atoms with Gasteiger partial charge in [-0.05, 0) is 49.1 Å². The molecule has 3 nitrogen and oxygen atoms in total. The zero-order valence-electron chi connectivity index (χ0n) is 13.3. The Morgan fingerprint density at radius 2 is 2.20 bits per heavy atom. The van der Waals surface area contributed by atoms with Gasteiger partial charge in [0.2, 0.25) is 0 Å². The van der Waals surface area contributed by atoms with E-state index in [1.54, 1.807) is 0 Å². The van der Waals surface area contributed by atoms with E-state index in [1.807, 2.05) is 0 Å². The van der Waals surface area contributed by atoms with Crippen molar-refractivity contribution in [1.82, 2.24) is 5.32 Å². The molecular formula is C17H28N2O. The normalized spacial score (nSPS) is 18.8. The van der Waals surface area contributed by atoms with Gasteiger partial charge in [0.15, 0.2) is 0 Å². The van der Waals surface area contributed by atoms with Crippen molar-refractivity contribution in [3.63, 3.8) is 0 Å². The van der Waals surface area contributed by atoms with Gasteiger partial charge in [0.25, 0.3) is 0 Å². The van der Waals surface area contributed by atoms with E-state index >= 15 is 0 Å². The quantitative estimate of drug-likeness (QED) is 0.864. The number of benzene rings is 1. The lowest BCUT2D eigenvalue weighted by atomic mass is 10.1. The Morgan fingerprint density at radius 1 is 1.40 bits per heavy atom. The molecule has 112 valence electrons. The Labute approximate surface area is 123 Å². The van der Waals surface area contributed by atoms with Crippen molar-refractivity contribution in [3.8, 4) is 0 Å². The summed E-state index contributed by atoms with van der Waals surface area (Å²) in [7, 11) is 2.17. The molecule has 1 fully saturated rings. The van der Waals surface area contributed by atoms with Crippen molar-refractivity contribution in [2.24, 2.45) is 5.92 Å². The van der Waals surface area contributed by atoms with Crippen LogP contribution < -0.4 is 10.2 Å². The summed E-state index contributed by atoms with van der Waals surface area (Å²) in [5, 5.41) is 3.51. The van der Waals surface area contributed by atoms with E-state index < -0.39 is 0 Å². The average Bonchev–Trinajstić information content (AvgIpc) is 2.93. The lowest BCUT2D eigenvalue weighted by Gasteiger charge is -2.26. The van der Waals surface area contributed by atoms with Gasteiger partial charge < -0.3 is 15.0 Å². The summed E-state index contributed by atoms with van der Waals surface area (Å²) in [6.07, 6.45) is 1.13. The Hall–Kier alpha value is -1.06. The Kier molecular flexibility index (Phi) is 5.44. The number of aryl methyl sites for hydroxylation is 1. The zero-order chi connectivity index (χ0) is 14.5. The van der Waals surface area contributed by atoms with Crippen molar-refractivity contribution in [2.75, 3.05) is 31.7 Å². The first kappa shape index (κ1) is 15.3. The molecule has 1 saturated heterocycles. The molecule has 1 aromatic carbocycles. The molecule has 2 rings (SSSR count). The van der Waals surface area contributed by atoms with Crippen molar-refractivity contribution in [2.45, 2.75) is 39.8 Å². The summed E-state index contributed by atoms with van der Waals surface area (Å²) in [4.78, 5) is 2.35. The number of anilines is 1. The van der Waals surface area contributed by atoms with Gasteiger partial charge >= 0.3 is 0 Å². The molecule has 0 amide bonds. The summed E-state index contributed by atoms with van der Waals surface area (Å²) in [6, 6.07) is 7.31. The summed E-state index contributed by atoms with van der Waals surface area (Å²) >= 11 is 0. The van der Waals surface area contributed by atoms with Crippen LogP contribution in [0.15, 0.2) is 18.2 Å². The van der Waals surface area contributed by atoms with E-state index in [0.29, 0.717) is 12.0 Å². The number of hydrogen-bond donors (Lipinski definition) is 1. The van der Waals surface area contributed by atoms with Gasteiger partial charge in [-0.25, -0.2) is 0 Å². The SMILES string of the molecule is Cc1cc(N(C)C2CCOC2)ccc1CNCC(C)C. The van der Waals surface area contributed by atoms with E-state index in [-0.39, 0.29) is 0 Å². The minimum Gasteiger partial charge on any atom is -0.379 e. The van der Waals surface area contributed by atoms with Gasteiger partial charge in [-0.2, -0.15) is 0 Å². The van der Waals surface area contributed by atoms with Crippen molar-refractivity contribution < 1.29 is 4.74 Å². The van der Waals surface area contributed by atoms with Crippen molar-refractivity contribution in [1.29, 1.82) is 0 Å². The molecule has 1 N–H and O–H groups in total. The second-order valence-corrected chi connectivity index (χ2v) is 6.26. The molecular weight excluding hydrogens is 248 g/mol. The lowest BCUT2D eigenvalue weighted by Crippen LogP contribution is -2.31. The molecule has 20 heavy (non-hydrogen) atoms. The van der Waals surface area contributed by atoms with Crippen molar-refractivity contribution in [3.05, 3.63) is 29.3 Å². The fraction of sp³-hybridized carbons (Fsp3) is 0.647. The summed E-state index contributed by atoms with van der Waals surface area (Å²) in [5.41, 5.74) is 4.06. The summed E-state index contributed by atoms with van der Waals surface area (Å²) < 4.78 is 5.48. The molecule has 0 radical (unpaired) electrons. The van der Waals surface area contributed by atoms with Crippen LogP contribution in [0.3, 0.4) is 0 Å². The van der Waals surface area contributed by atoms with Gasteiger partial charge in [-0.3, -0.25) is 0 Å². The Bertz CT molecular complexity index is 425. The molecule has 0 saturated carbocycles. The number of nitrogens with one attached hydrogen (secondary N) is 1. The highest BCUT2D eigenvalue weighted by atomic mass is 16.5. The maximum absolute atomic E-state index is 5.48. The highest BCUT2D eigenvalue weighted by Gasteiger charge is 2.20. The monoisotopic (exact) mass is 276 g/mol. The standard InChI is InChI=1S/C17H28N2O/c1-13(2)10-18-11-15-5-6-16(9-14(15)3)19(4)17-7-8-20-12-17/h5-6,9,13,17-18H,7-8,10-12H2,1-4H3.